The molecule has 1 saturated carbocycles. The molecular weight excluding hydrogens is 212 g/mol. The summed E-state index contributed by atoms with van der Waals surface area (Å²) >= 11 is 0. The van der Waals surface area contributed by atoms with Gasteiger partial charge in [0.25, 0.3) is 0 Å². The molecular formula is C15H24O2. The van der Waals surface area contributed by atoms with Crippen LogP contribution in [0.1, 0.15) is 59.3 Å². The van der Waals surface area contributed by atoms with Gasteiger partial charge in [-0.1, -0.05) is 17.2 Å². The Morgan fingerprint density at radius 3 is 2.53 bits per heavy atom. The molecule has 1 aliphatic carbocycles. The smallest absolute Gasteiger partial charge is 0.333 e. The third-order valence-electron chi connectivity index (χ3n) is 3.42. The Balaban J connectivity index is 2.41. The highest BCUT2D eigenvalue weighted by molar-refractivity contribution is 5.88. The SMILES string of the molecule is CCOC(=O)/C(C)=C(\C)CCC=C1CCCC1. The number of rotatable bonds is 5. The van der Waals surface area contributed by atoms with Crippen molar-refractivity contribution in [3.63, 3.8) is 0 Å². The molecule has 0 atom stereocenters. The van der Waals surface area contributed by atoms with Gasteiger partial charge in [0.2, 0.25) is 0 Å². The summed E-state index contributed by atoms with van der Waals surface area (Å²) in [4.78, 5) is 11.5. The van der Waals surface area contributed by atoms with Crippen molar-refractivity contribution in [2.45, 2.75) is 59.3 Å². The second-order valence-electron chi connectivity index (χ2n) is 4.73. The minimum Gasteiger partial charge on any atom is -0.463 e. The van der Waals surface area contributed by atoms with Gasteiger partial charge in [0, 0.05) is 5.57 Å². The lowest BCUT2D eigenvalue weighted by molar-refractivity contribution is -0.138. The summed E-state index contributed by atoms with van der Waals surface area (Å²) in [6.45, 7) is 6.17. The Bertz CT molecular complexity index is 316. The van der Waals surface area contributed by atoms with E-state index in [1.807, 2.05) is 20.8 Å². The Morgan fingerprint density at radius 1 is 1.29 bits per heavy atom. The lowest BCUT2D eigenvalue weighted by Crippen LogP contribution is -2.06. The van der Waals surface area contributed by atoms with Crippen LogP contribution in [-0.4, -0.2) is 12.6 Å². The lowest BCUT2D eigenvalue weighted by Gasteiger charge is -2.06. The van der Waals surface area contributed by atoms with Gasteiger partial charge in [-0.05, 0) is 59.3 Å². The second-order valence-corrected chi connectivity index (χ2v) is 4.73. The van der Waals surface area contributed by atoms with Crippen LogP contribution in [0.15, 0.2) is 22.8 Å². The summed E-state index contributed by atoms with van der Waals surface area (Å²) in [6, 6.07) is 0. The van der Waals surface area contributed by atoms with Crippen LogP contribution in [0.25, 0.3) is 0 Å². The standard InChI is InChI=1S/C15H24O2/c1-4-17-15(16)13(3)12(2)8-7-11-14-9-5-6-10-14/h11H,4-10H2,1-3H3/b13-12+. The van der Waals surface area contributed by atoms with E-state index in [-0.39, 0.29) is 5.97 Å². The van der Waals surface area contributed by atoms with Gasteiger partial charge in [-0.2, -0.15) is 0 Å². The maximum Gasteiger partial charge on any atom is 0.333 e. The van der Waals surface area contributed by atoms with Crippen LogP contribution in [0, 0.1) is 0 Å². The highest BCUT2D eigenvalue weighted by Crippen LogP contribution is 2.25. The molecule has 0 aromatic rings. The fourth-order valence-corrected chi connectivity index (χ4v) is 2.13. The lowest BCUT2D eigenvalue weighted by atomic mass is 10.0. The highest BCUT2D eigenvalue weighted by Gasteiger charge is 2.09. The van der Waals surface area contributed by atoms with E-state index in [0.717, 1.165) is 24.0 Å². The van der Waals surface area contributed by atoms with Gasteiger partial charge in [0.1, 0.15) is 0 Å². The number of esters is 1. The molecule has 1 fully saturated rings. The molecule has 2 nitrogen and oxygen atoms in total. The summed E-state index contributed by atoms with van der Waals surface area (Å²) in [5.74, 6) is -0.168. The van der Waals surface area contributed by atoms with Crippen molar-refractivity contribution in [1.29, 1.82) is 0 Å². The molecule has 0 heterocycles. The van der Waals surface area contributed by atoms with Crippen molar-refractivity contribution in [3.05, 3.63) is 22.8 Å². The monoisotopic (exact) mass is 236 g/mol. The van der Waals surface area contributed by atoms with Crippen molar-refractivity contribution < 1.29 is 9.53 Å². The van der Waals surface area contributed by atoms with Gasteiger partial charge < -0.3 is 4.74 Å². The zero-order valence-corrected chi connectivity index (χ0v) is 11.3. The van der Waals surface area contributed by atoms with E-state index in [2.05, 4.69) is 6.08 Å². The minimum absolute atomic E-state index is 0.168. The highest BCUT2D eigenvalue weighted by atomic mass is 16.5. The van der Waals surface area contributed by atoms with Crippen LogP contribution in [0.2, 0.25) is 0 Å². The molecule has 0 aromatic heterocycles. The Hall–Kier alpha value is -1.05. The number of carbonyl (C=O) groups is 1. The summed E-state index contributed by atoms with van der Waals surface area (Å²) < 4.78 is 4.99. The molecule has 0 radical (unpaired) electrons. The fourth-order valence-electron chi connectivity index (χ4n) is 2.13. The molecule has 1 aliphatic rings. The summed E-state index contributed by atoms with van der Waals surface area (Å²) in [6.07, 6.45) is 9.63. The normalized spacial score (nSPS) is 16.8. The molecule has 17 heavy (non-hydrogen) atoms. The van der Waals surface area contributed by atoms with Crippen molar-refractivity contribution in [2.75, 3.05) is 6.61 Å². The van der Waals surface area contributed by atoms with Gasteiger partial charge in [-0.15, -0.1) is 0 Å². The first kappa shape index (κ1) is 14.0. The molecule has 0 saturated heterocycles. The number of hydrogen-bond acceptors (Lipinski definition) is 2. The molecule has 0 aliphatic heterocycles. The Morgan fingerprint density at radius 2 is 1.94 bits per heavy atom. The molecule has 0 spiro atoms. The topological polar surface area (TPSA) is 26.3 Å². The third-order valence-corrected chi connectivity index (χ3v) is 3.42. The van der Waals surface area contributed by atoms with E-state index in [1.165, 1.54) is 25.7 Å². The van der Waals surface area contributed by atoms with Gasteiger partial charge in [0.05, 0.1) is 6.61 Å². The quantitative estimate of drug-likeness (QED) is 0.407. The van der Waals surface area contributed by atoms with E-state index < -0.39 is 0 Å². The molecule has 1 rings (SSSR count). The third kappa shape index (κ3) is 4.76. The van der Waals surface area contributed by atoms with Crippen LogP contribution >= 0.6 is 0 Å². The van der Waals surface area contributed by atoms with E-state index in [4.69, 9.17) is 4.74 Å². The maximum absolute atomic E-state index is 11.5. The van der Waals surface area contributed by atoms with Crippen LogP contribution < -0.4 is 0 Å². The number of allylic oxidation sites excluding steroid dienone is 3. The maximum atomic E-state index is 11.5. The zero-order valence-electron chi connectivity index (χ0n) is 11.3. The number of carbonyl (C=O) groups excluding carboxylic acids is 1. The average molecular weight is 236 g/mol. The van der Waals surface area contributed by atoms with Crippen molar-refractivity contribution >= 4 is 5.97 Å². The summed E-state index contributed by atoms with van der Waals surface area (Å²) in [5, 5.41) is 0. The van der Waals surface area contributed by atoms with Crippen molar-refractivity contribution in [2.24, 2.45) is 0 Å². The predicted molar refractivity (Wildman–Crippen MR) is 70.8 cm³/mol. The number of ether oxygens (including phenoxy) is 1. The molecule has 0 unspecified atom stereocenters. The van der Waals surface area contributed by atoms with Crippen LogP contribution in [-0.2, 0) is 9.53 Å². The van der Waals surface area contributed by atoms with E-state index >= 15 is 0 Å². The molecule has 0 N–H and O–H groups in total. The Labute approximate surface area is 105 Å². The van der Waals surface area contributed by atoms with Crippen LogP contribution in [0.3, 0.4) is 0 Å². The first-order valence-corrected chi connectivity index (χ1v) is 6.66. The molecule has 0 amide bonds. The van der Waals surface area contributed by atoms with Crippen molar-refractivity contribution in [3.8, 4) is 0 Å². The van der Waals surface area contributed by atoms with E-state index in [9.17, 15) is 4.79 Å². The van der Waals surface area contributed by atoms with Crippen molar-refractivity contribution in [1.82, 2.24) is 0 Å². The second kappa shape index (κ2) is 7.31. The fraction of sp³-hybridized carbons (Fsp3) is 0.667. The van der Waals surface area contributed by atoms with Gasteiger partial charge >= 0.3 is 5.97 Å². The summed E-state index contributed by atoms with van der Waals surface area (Å²) in [5.41, 5.74) is 3.53. The zero-order chi connectivity index (χ0) is 12.7. The molecule has 2 heteroatoms. The molecule has 96 valence electrons. The minimum atomic E-state index is -0.168. The first-order valence-electron chi connectivity index (χ1n) is 6.66. The first-order chi connectivity index (χ1) is 8.15. The van der Waals surface area contributed by atoms with Gasteiger partial charge in [0.15, 0.2) is 0 Å². The average Bonchev–Trinajstić information content (AvgIpc) is 2.81. The summed E-state index contributed by atoms with van der Waals surface area (Å²) in [7, 11) is 0. The van der Waals surface area contributed by atoms with Gasteiger partial charge in [-0.25, -0.2) is 4.79 Å². The Kier molecular flexibility index (Phi) is 6.03. The molecule has 0 bridgehead atoms. The number of hydrogen-bond donors (Lipinski definition) is 0. The van der Waals surface area contributed by atoms with E-state index in [1.54, 1.807) is 5.57 Å². The van der Waals surface area contributed by atoms with Crippen LogP contribution in [0.5, 0.6) is 0 Å². The predicted octanol–water partition coefficient (Wildman–Crippen LogP) is 4.17. The largest absolute Gasteiger partial charge is 0.463 e. The molecule has 0 aromatic carbocycles. The van der Waals surface area contributed by atoms with E-state index in [0.29, 0.717) is 6.61 Å². The van der Waals surface area contributed by atoms with Crippen LogP contribution in [0.4, 0.5) is 0 Å². The van der Waals surface area contributed by atoms with Gasteiger partial charge in [-0.3, -0.25) is 0 Å².